The van der Waals surface area contributed by atoms with Crippen LogP contribution in [0.2, 0.25) is 0 Å². The third kappa shape index (κ3) is 4.79. The number of anilines is 3. The van der Waals surface area contributed by atoms with E-state index in [0.717, 1.165) is 45.3 Å². The Hall–Kier alpha value is -7.42. The van der Waals surface area contributed by atoms with Gasteiger partial charge in [-0.3, -0.25) is 0 Å². The summed E-state index contributed by atoms with van der Waals surface area (Å²) in [6.07, 6.45) is 0. The van der Waals surface area contributed by atoms with E-state index in [4.69, 9.17) is 4.74 Å². The van der Waals surface area contributed by atoms with Crippen LogP contribution in [0.1, 0.15) is 72.2 Å². The van der Waals surface area contributed by atoms with Gasteiger partial charge in [0.25, 0.3) is 0 Å². The lowest BCUT2D eigenvalue weighted by Gasteiger charge is -2.39. The molecule has 3 aliphatic carbocycles. The Bertz CT molecular complexity index is 3250. The molecule has 0 fully saturated rings. The fraction of sp³-hybridized carbons (Fsp3) is 0.115. The van der Waals surface area contributed by atoms with Gasteiger partial charge in [-0.25, -0.2) is 0 Å². The summed E-state index contributed by atoms with van der Waals surface area (Å²) < 4.78 is 6.87. The molecule has 9 aromatic carbocycles. The number of benzene rings is 9. The molecule has 2 nitrogen and oxygen atoms in total. The van der Waals surface area contributed by atoms with Gasteiger partial charge < -0.3 is 9.64 Å². The van der Waals surface area contributed by atoms with Gasteiger partial charge >= 0.3 is 0 Å². The summed E-state index contributed by atoms with van der Waals surface area (Å²) in [5.41, 5.74) is 23.1. The van der Waals surface area contributed by atoms with Crippen LogP contribution in [0.3, 0.4) is 0 Å². The number of fused-ring (bicyclic) bond motifs is 15. The van der Waals surface area contributed by atoms with Crippen molar-refractivity contribution in [3.05, 3.63) is 245 Å². The first-order valence-electron chi connectivity index (χ1n) is 22.3. The SMILES string of the molecule is CC1(C)c2ccccc2-c2ccc(N(c3ccc4c(c3)C(C)(C)c3ccccc3-4)c3ccccc3-c3ccc4c(c3)C3(c5ccccc5O4)c4ccccc4-c4ccccc43)cc21. The molecular formula is C61H45NO. The zero-order valence-corrected chi connectivity index (χ0v) is 35.9. The highest BCUT2D eigenvalue weighted by Crippen LogP contribution is 2.63. The first kappa shape index (κ1) is 36.3. The molecule has 4 aliphatic rings. The summed E-state index contributed by atoms with van der Waals surface area (Å²) in [6, 6.07) is 74.5. The van der Waals surface area contributed by atoms with Gasteiger partial charge in [-0.2, -0.15) is 0 Å². The lowest BCUT2D eigenvalue weighted by atomic mass is 9.66. The molecule has 1 spiro atoms. The van der Waals surface area contributed by atoms with E-state index < -0.39 is 5.41 Å². The van der Waals surface area contributed by atoms with Crippen LogP contribution in [-0.4, -0.2) is 0 Å². The van der Waals surface area contributed by atoms with Crippen molar-refractivity contribution >= 4 is 17.1 Å². The van der Waals surface area contributed by atoms with Crippen molar-refractivity contribution in [3.8, 4) is 56.0 Å². The molecule has 300 valence electrons. The molecule has 63 heavy (non-hydrogen) atoms. The normalized spacial score (nSPS) is 15.5. The van der Waals surface area contributed by atoms with E-state index in [1.165, 1.54) is 72.3 Å². The van der Waals surface area contributed by atoms with Gasteiger partial charge in [-0.15, -0.1) is 0 Å². The van der Waals surface area contributed by atoms with Crippen LogP contribution >= 0.6 is 0 Å². The van der Waals surface area contributed by atoms with Gasteiger partial charge in [0.2, 0.25) is 0 Å². The minimum absolute atomic E-state index is 0.147. The van der Waals surface area contributed by atoms with Gasteiger partial charge in [-0.1, -0.05) is 179 Å². The molecule has 2 heteroatoms. The Balaban J connectivity index is 1.04. The van der Waals surface area contributed by atoms with Crippen LogP contribution in [0, 0.1) is 0 Å². The second kappa shape index (κ2) is 12.8. The molecule has 0 saturated carbocycles. The summed E-state index contributed by atoms with van der Waals surface area (Å²) in [5, 5.41) is 0. The summed E-state index contributed by atoms with van der Waals surface area (Å²) in [7, 11) is 0. The van der Waals surface area contributed by atoms with Crippen molar-refractivity contribution in [3.63, 3.8) is 0 Å². The first-order chi connectivity index (χ1) is 30.8. The van der Waals surface area contributed by atoms with E-state index >= 15 is 0 Å². The van der Waals surface area contributed by atoms with Gasteiger partial charge in [-0.05, 0) is 121 Å². The standard InChI is InChI=1S/C61H45NO/c1-59(2)48-22-10-5-18-42(48)46-32-30-39(36-53(46)59)62(40-31-33-47-43-19-6-11-23-49(43)60(3,4)54(47)37-40)56-27-15-9-17-41(56)38-29-34-58-55(35-38)61(52-26-14-16-28-57(52)63-58)50-24-12-7-20-44(50)45-21-8-13-25-51(45)61/h5-37H,1-4H3. The second-order valence-electron chi connectivity index (χ2n) is 18.8. The van der Waals surface area contributed by atoms with E-state index in [-0.39, 0.29) is 10.8 Å². The molecule has 13 rings (SSSR count). The van der Waals surface area contributed by atoms with E-state index in [1.807, 2.05) is 0 Å². The highest BCUT2D eigenvalue weighted by atomic mass is 16.5. The summed E-state index contributed by atoms with van der Waals surface area (Å²) in [6.45, 7) is 9.49. The van der Waals surface area contributed by atoms with Crippen molar-refractivity contribution in [2.45, 2.75) is 43.9 Å². The zero-order chi connectivity index (χ0) is 42.2. The van der Waals surface area contributed by atoms with Crippen LogP contribution in [0.25, 0.3) is 44.5 Å². The van der Waals surface area contributed by atoms with Crippen molar-refractivity contribution in [1.82, 2.24) is 0 Å². The van der Waals surface area contributed by atoms with Crippen molar-refractivity contribution < 1.29 is 4.74 Å². The van der Waals surface area contributed by atoms with Crippen LogP contribution in [-0.2, 0) is 16.2 Å². The predicted octanol–water partition coefficient (Wildman–Crippen LogP) is 15.9. The molecule has 0 atom stereocenters. The largest absolute Gasteiger partial charge is 0.457 e. The molecule has 1 heterocycles. The number of hydrogen-bond acceptors (Lipinski definition) is 2. The first-order valence-corrected chi connectivity index (χ1v) is 22.3. The summed E-state index contributed by atoms with van der Waals surface area (Å²) in [4.78, 5) is 2.51. The highest BCUT2D eigenvalue weighted by Gasteiger charge is 2.51. The molecule has 0 N–H and O–H groups in total. The highest BCUT2D eigenvalue weighted by molar-refractivity contribution is 5.94. The molecule has 0 radical (unpaired) electrons. The Kier molecular flexibility index (Phi) is 7.37. The van der Waals surface area contributed by atoms with Crippen LogP contribution in [0.5, 0.6) is 11.5 Å². The van der Waals surface area contributed by atoms with Gasteiger partial charge in [0, 0.05) is 38.9 Å². The Labute approximate surface area is 369 Å². The fourth-order valence-corrected chi connectivity index (χ4v) is 12.0. The molecule has 1 aliphatic heterocycles. The molecular weight excluding hydrogens is 763 g/mol. The average molecular weight is 808 g/mol. The quantitative estimate of drug-likeness (QED) is 0.176. The van der Waals surface area contributed by atoms with Crippen molar-refractivity contribution in [2.75, 3.05) is 4.90 Å². The summed E-state index contributed by atoms with van der Waals surface area (Å²) in [5.74, 6) is 1.79. The van der Waals surface area contributed by atoms with Gasteiger partial charge in [0.15, 0.2) is 0 Å². The maximum absolute atomic E-state index is 6.87. The van der Waals surface area contributed by atoms with Crippen LogP contribution in [0.15, 0.2) is 200 Å². The fourth-order valence-electron chi connectivity index (χ4n) is 12.0. The van der Waals surface area contributed by atoms with Crippen LogP contribution in [0.4, 0.5) is 17.1 Å². The Morgan fingerprint density at radius 2 is 0.730 bits per heavy atom. The monoisotopic (exact) mass is 807 g/mol. The minimum atomic E-state index is -0.552. The smallest absolute Gasteiger partial charge is 0.132 e. The Morgan fingerprint density at radius 3 is 1.29 bits per heavy atom. The van der Waals surface area contributed by atoms with Gasteiger partial charge in [0.1, 0.15) is 11.5 Å². The molecule has 0 unspecified atom stereocenters. The number of para-hydroxylation sites is 2. The lowest BCUT2D eigenvalue weighted by Crippen LogP contribution is -2.32. The lowest BCUT2D eigenvalue weighted by molar-refractivity contribution is 0.436. The van der Waals surface area contributed by atoms with E-state index in [9.17, 15) is 0 Å². The van der Waals surface area contributed by atoms with Crippen molar-refractivity contribution in [2.24, 2.45) is 0 Å². The van der Waals surface area contributed by atoms with E-state index in [1.54, 1.807) is 0 Å². The summed E-state index contributed by atoms with van der Waals surface area (Å²) >= 11 is 0. The number of rotatable bonds is 4. The number of ether oxygens (including phenoxy) is 1. The molecule has 0 saturated heterocycles. The topological polar surface area (TPSA) is 12.5 Å². The minimum Gasteiger partial charge on any atom is -0.457 e. The zero-order valence-electron chi connectivity index (χ0n) is 35.9. The maximum atomic E-state index is 6.87. The number of hydrogen-bond donors (Lipinski definition) is 0. The average Bonchev–Trinajstić information content (AvgIpc) is 3.84. The second-order valence-corrected chi connectivity index (χ2v) is 18.8. The predicted molar refractivity (Wildman–Crippen MR) is 259 cm³/mol. The van der Waals surface area contributed by atoms with Crippen molar-refractivity contribution in [1.29, 1.82) is 0 Å². The molecule has 0 amide bonds. The van der Waals surface area contributed by atoms with Gasteiger partial charge in [0.05, 0.1) is 11.1 Å². The third-order valence-electron chi connectivity index (χ3n) is 15.0. The van der Waals surface area contributed by atoms with E-state index in [0.29, 0.717) is 0 Å². The molecule has 0 bridgehead atoms. The van der Waals surface area contributed by atoms with E-state index in [2.05, 4.69) is 233 Å². The molecule has 9 aromatic rings. The maximum Gasteiger partial charge on any atom is 0.132 e. The number of nitrogens with zero attached hydrogens (tertiary/aromatic N) is 1. The Morgan fingerprint density at radius 1 is 0.317 bits per heavy atom. The molecule has 0 aromatic heterocycles. The van der Waals surface area contributed by atoms with Crippen LogP contribution < -0.4 is 9.64 Å². The third-order valence-corrected chi connectivity index (χ3v) is 15.0.